The minimum Gasteiger partial charge on any atom is -0.442 e. The molecule has 5 rings (SSSR count). The summed E-state index contributed by atoms with van der Waals surface area (Å²) < 4.78 is 29.5. The molecule has 0 radical (unpaired) electrons. The summed E-state index contributed by atoms with van der Waals surface area (Å²) >= 11 is 0. The van der Waals surface area contributed by atoms with E-state index in [1.165, 1.54) is 12.6 Å². The first-order valence-corrected chi connectivity index (χ1v) is 13.6. The van der Waals surface area contributed by atoms with E-state index >= 15 is 0 Å². The number of benzene rings is 1. The zero-order chi connectivity index (χ0) is 26.2. The van der Waals surface area contributed by atoms with Gasteiger partial charge in [0.1, 0.15) is 11.5 Å². The summed E-state index contributed by atoms with van der Waals surface area (Å²) in [6.07, 6.45) is 4.78. The van der Waals surface area contributed by atoms with Crippen molar-refractivity contribution < 1.29 is 17.6 Å². The van der Waals surface area contributed by atoms with Crippen LogP contribution in [-0.2, 0) is 9.84 Å². The van der Waals surface area contributed by atoms with E-state index < -0.39 is 9.84 Å². The number of aromatic nitrogens is 3. The molecule has 0 saturated carbocycles. The zero-order valence-electron chi connectivity index (χ0n) is 20.6. The molecule has 3 aromatic heterocycles. The highest BCUT2D eigenvalue weighted by molar-refractivity contribution is 7.90. The molecule has 1 aromatic carbocycles. The molecule has 11 heteroatoms. The topological polar surface area (TPSA) is 122 Å². The number of hydrogen-bond donors (Lipinski definition) is 1. The van der Waals surface area contributed by atoms with E-state index in [4.69, 9.17) is 9.40 Å². The summed E-state index contributed by atoms with van der Waals surface area (Å²) in [6, 6.07) is 15.1. The molecular weight excluding hydrogens is 492 g/mol. The number of oxazole rings is 1. The Morgan fingerprint density at radius 1 is 1.08 bits per heavy atom. The Balaban J connectivity index is 1.52. The highest BCUT2D eigenvalue weighted by Crippen LogP contribution is 2.35. The zero-order valence-corrected chi connectivity index (χ0v) is 21.4. The number of amides is 2. The van der Waals surface area contributed by atoms with Crippen molar-refractivity contribution in [2.24, 2.45) is 0 Å². The third kappa shape index (κ3) is 5.03. The average Bonchev–Trinajstić information content (AvgIpc) is 3.38. The largest absolute Gasteiger partial charge is 0.442 e. The lowest BCUT2D eigenvalue weighted by Gasteiger charge is -2.28. The predicted octanol–water partition coefficient (Wildman–Crippen LogP) is 4.47. The van der Waals surface area contributed by atoms with Gasteiger partial charge in [0.25, 0.3) is 0 Å². The van der Waals surface area contributed by atoms with E-state index in [0.717, 1.165) is 18.7 Å². The Bertz CT molecular complexity index is 1560. The van der Waals surface area contributed by atoms with Gasteiger partial charge in [-0.1, -0.05) is 18.2 Å². The van der Waals surface area contributed by atoms with Crippen molar-refractivity contribution in [2.45, 2.75) is 24.3 Å². The van der Waals surface area contributed by atoms with Crippen molar-refractivity contribution >= 4 is 33.2 Å². The number of fused-ring (bicyclic) bond motifs is 1. The molecule has 0 aliphatic carbocycles. The fourth-order valence-corrected chi connectivity index (χ4v) is 4.92. The molecule has 1 N–H and O–H groups in total. The Morgan fingerprint density at radius 3 is 2.65 bits per heavy atom. The maximum Gasteiger partial charge on any atom is 0.328 e. The summed E-state index contributed by atoms with van der Waals surface area (Å²) in [6.45, 7) is 2.71. The number of nitrogens with zero attached hydrogens (tertiary/aromatic N) is 5. The van der Waals surface area contributed by atoms with Crippen LogP contribution < -0.4 is 15.1 Å². The van der Waals surface area contributed by atoms with Gasteiger partial charge in [-0.15, -0.1) is 0 Å². The normalized spacial score (nSPS) is 15.7. The van der Waals surface area contributed by atoms with Crippen LogP contribution in [0.5, 0.6) is 0 Å². The van der Waals surface area contributed by atoms with Gasteiger partial charge in [-0.25, -0.2) is 28.2 Å². The summed E-state index contributed by atoms with van der Waals surface area (Å²) in [4.78, 5) is 30.8. The minimum absolute atomic E-state index is 0.161. The number of hydrogen-bond acceptors (Lipinski definition) is 8. The van der Waals surface area contributed by atoms with Crippen molar-refractivity contribution in [3.63, 3.8) is 0 Å². The SMILES string of the molecule is C[C@@H]1CCN(C)c2ccc(-c3cccc(S(C)(=O)=O)c3)nc2N1C(=O)Nc1cccc(-c2cnco2)n1. The monoisotopic (exact) mass is 518 g/mol. The van der Waals surface area contributed by atoms with Crippen molar-refractivity contribution in [1.29, 1.82) is 0 Å². The van der Waals surface area contributed by atoms with Crippen LogP contribution in [0.2, 0.25) is 0 Å². The van der Waals surface area contributed by atoms with E-state index in [1.54, 1.807) is 53.6 Å². The number of pyridine rings is 2. The third-order valence-electron chi connectivity index (χ3n) is 6.26. The molecule has 4 aromatic rings. The van der Waals surface area contributed by atoms with Crippen molar-refractivity contribution in [3.05, 3.63) is 67.2 Å². The summed E-state index contributed by atoms with van der Waals surface area (Å²) in [5.41, 5.74) is 2.55. The van der Waals surface area contributed by atoms with Gasteiger partial charge < -0.3 is 9.32 Å². The predicted molar refractivity (Wildman–Crippen MR) is 141 cm³/mol. The molecule has 1 aliphatic heterocycles. The van der Waals surface area contributed by atoms with E-state index in [1.807, 2.05) is 26.1 Å². The minimum atomic E-state index is -3.38. The van der Waals surface area contributed by atoms with E-state index in [9.17, 15) is 13.2 Å². The van der Waals surface area contributed by atoms with Gasteiger partial charge >= 0.3 is 6.03 Å². The molecule has 0 unspecified atom stereocenters. The number of carbonyl (C=O) groups is 1. The second-order valence-corrected chi connectivity index (χ2v) is 11.0. The van der Waals surface area contributed by atoms with Crippen LogP contribution in [0.15, 0.2) is 76.5 Å². The number of rotatable bonds is 4. The fourth-order valence-electron chi connectivity index (χ4n) is 4.25. The van der Waals surface area contributed by atoms with Crippen molar-refractivity contribution in [3.8, 4) is 22.7 Å². The molecule has 0 spiro atoms. The molecule has 10 nitrogen and oxygen atoms in total. The number of urea groups is 1. The van der Waals surface area contributed by atoms with E-state index in [0.29, 0.717) is 34.3 Å². The van der Waals surface area contributed by atoms with Gasteiger partial charge in [-0.3, -0.25) is 10.2 Å². The van der Waals surface area contributed by atoms with Crippen LogP contribution in [0, 0.1) is 0 Å². The summed E-state index contributed by atoms with van der Waals surface area (Å²) in [5, 5.41) is 2.89. The molecule has 2 amide bonds. The first-order valence-electron chi connectivity index (χ1n) is 11.7. The smallest absolute Gasteiger partial charge is 0.328 e. The summed E-state index contributed by atoms with van der Waals surface area (Å²) in [7, 11) is -1.42. The second-order valence-electron chi connectivity index (χ2n) is 8.97. The lowest BCUT2D eigenvalue weighted by Crippen LogP contribution is -2.42. The van der Waals surface area contributed by atoms with Crippen LogP contribution in [0.1, 0.15) is 13.3 Å². The van der Waals surface area contributed by atoms with Gasteiger partial charge in [0, 0.05) is 31.5 Å². The highest BCUT2D eigenvalue weighted by Gasteiger charge is 2.31. The standard InChI is InChI=1S/C26H26N6O4S/c1-17-12-13-31(2)22-11-10-20(18-6-4-7-19(14-18)37(3,34)35)29-25(22)32(17)26(33)30-24-9-5-8-21(28-24)23-15-27-16-36-23/h4-11,14-17H,12-13H2,1-3H3,(H,28,30,33)/t17-/m1/s1. The first kappa shape index (κ1) is 24.4. The number of sulfone groups is 1. The van der Waals surface area contributed by atoms with Crippen LogP contribution >= 0.6 is 0 Å². The molecule has 0 fully saturated rings. The lowest BCUT2D eigenvalue weighted by atomic mass is 10.1. The maximum atomic E-state index is 13.6. The molecule has 190 valence electrons. The average molecular weight is 519 g/mol. The lowest BCUT2D eigenvalue weighted by molar-refractivity contribution is 0.255. The van der Waals surface area contributed by atoms with Gasteiger partial charge in [0.2, 0.25) is 0 Å². The molecule has 1 atom stereocenters. The molecule has 4 heterocycles. The van der Waals surface area contributed by atoms with Crippen molar-refractivity contribution in [2.75, 3.05) is 35.0 Å². The highest BCUT2D eigenvalue weighted by atomic mass is 32.2. The van der Waals surface area contributed by atoms with Crippen LogP contribution in [0.3, 0.4) is 0 Å². The first-order chi connectivity index (χ1) is 17.7. The number of carbonyl (C=O) groups excluding carboxylic acids is 1. The Kier molecular flexibility index (Phi) is 6.38. The van der Waals surface area contributed by atoms with Crippen LogP contribution in [0.25, 0.3) is 22.7 Å². The van der Waals surface area contributed by atoms with E-state index in [2.05, 4.69) is 20.2 Å². The van der Waals surface area contributed by atoms with Gasteiger partial charge in [-0.05, 0) is 49.7 Å². The second kappa shape index (κ2) is 9.66. The van der Waals surface area contributed by atoms with Crippen LogP contribution in [-0.4, -0.2) is 55.3 Å². The van der Waals surface area contributed by atoms with Gasteiger partial charge in [-0.2, -0.15) is 0 Å². The van der Waals surface area contributed by atoms with E-state index in [-0.39, 0.29) is 17.0 Å². The molecule has 37 heavy (non-hydrogen) atoms. The number of nitrogens with one attached hydrogen (secondary N) is 1. The Labute approximate surface area is 214 Å². The molecule has 1 aliphatic rings. The maximum absolute atomic E-state index is 13.6. The summed E-state index contributed by atoms with van der Waals surface area (Å²) in [5.74, 6) is 1.34. The van der Waals surface area contributed by atoms with Gasteiger partial charge in [0.15, 0.2) is 27.8 Å². The molecule has 0 saturated heterocycles. The Hall–Kier alpha value is -4.25. The van der Waals surface area contributed by atoms with Crippen molar-refractivity contribution in [1.82, 2.24) is 15.0 Å². The molecule has 0 bridgehead atoms. The Morgan fingerprint density at radius 2 is 1.89 bits per heavy atom. The van der Waals surface area contributed by atoms with Crippen LogP contribution in [0.4, 0.5) is 22.1 Å². The quantitative estimate of drug-likeness (QED) is 0.420. The molecular formula is C26H26N6O4S. The number of anilines is 3. The third-order valence-corrected chi connectivity index (χ3v) is 7.37. The fraction of sp³-hybridized carbons (Fsp3) is 0.231. The van der Waals surface area contributed by atoms with Gasteiger partial charge in [0.05, 0.1) is 22.5 Å².